The van der Waals surface area contributed by atoms with E-state index in [1.165, 1.54) is 7.11 Å². The molecule has 7 nitrogen and oxygen atoms in total. The largest absolute Gasteiger partial charge is 0.503 e. The van der Waals surface area contributed by atoms with Gasteiger partial charge in [-0.1, -0.05) is 6.07 Å². The third-order valence-corrected chi connectivity index (χ3v) is 2.82. The van der Waals surface area contributed by atoms with Crippen molar-refractivity contribution in [2.75, 3.05) is 25.6 Å². The van der Waals surface area contributed by atoms with Crippen molar-refractivity contribution < 1.29 is 24.5 Å². The molecule has 1 aromatic carbocycles. The first-order chi connectivity index (χ1) is 9.58. The predicted molar refractivity (Wildman–Crippen MR) is 70.2 cm³/mol. The zero-order chi connectivity index (χ0) is 14.7. The van der Waals surface area contributed by atoms with Gasteiger partial charge in [-0.3, -0.25) is 14.5 Å². The monoisotopic (exact) mass is 278 g/mol. The first kappa shape index (κ1) is 13.9. The molecule has 0 bridgehead atoms. The van der Waals surface area contributed by atoms with E-state index in [0.717, 1.165) is 11.0 Å². The van der Waals surface area contributed by atoms with Gasteiger partial charge < -0.3 is 20.3 Å². The van der Waals surface area contributed by atoms with Gasteiger partial charge in [0, 0.05) is 6.08 Å². The smallest absolute Gasteiger partial charge is 0.277 e. The molecule has 0 aromatic heterocycles. The van der Waals surface area contributed by atoms with Crippen molar-refractivity contribution in [3.05, 3.63) is 30.0 Å². The maximum atomic E-state index is 11.9. The molecule has 1 aliphatic heterocycles. The van der Waals surface area contributed by atoms with E-state index in [2.05, 4.69) is 5.32 Å². The summed E-state index contributed by atoms with van der Waals surface area (Å²) in [5, 5.41) is 21.4. The van der Waals surface area contributed by atoms with E-state index in [9.17, 15) is 14.7 Å². The van der Waals surface area contributed by atoms with Crippen molar-refractivity contribution in [1.29, 1.82) is 0 Å². The van der Waals surface area contributed by atoms with Gasteiger partial charge in [0.1, 0.15) is 5.70 Å². The summed E-state index contributed by atoms with van der Waals surface area (Å²) in [6, 6.07) is 4.74. The third kappa shape index (κ3) is 2.43. The van der Waals surface area contributed by atoms with Crippen molar-refractivity contribution in [1.82, 2.24) is 4.90 Å². The van der Waals surface area contributed by atoms with Crippen molar-refractivity contribution in [3.63, 3.8) is 0 Å². The van der Waals surface area contributed by atoms with Crippen molar-refractivity contribution >= 4 is 17.5 Å². The van der Waals surface area contributed by atoms with Gasteiger partial charge in [-0.15, -0.1) is 0 Å². The second-order valence-corrected chi connectivity index (χ2v) is 4.06. The van der Waals surface area contributed by atoms with Gasteiger partial charge in [0.25, 0.3) is 11.8 Å². The molecule has 7 heteroatoms. The Labute approximate surface area is 115 Å². The van der Waals surface area contributed by atoms with Gasteiger partial charge in [0.2, 0.25) is 0 Å². The van der Waals surface area contributed by atoms with E-state index in [0.29, 0.717) is 0 Å². The second-order valence-electron chi connectivity index (χ2n) is 4.06. The van der Waals surface area contributed by atoms with Crippen LogP contribution in [0.15, 0.2) is 30.0 Å². The molecule has 1 aliphatic rings. The number of rotatable bonds is 5. The molecule has 0 aliphatic carbocycles. The summed E-state index contributed by atoms with van der Waals surface area (Å²) in [6.07, 6.45) is 1.12. The topological polar surface area (TPSA) is 99.1 Å². The first-order valence-corrected chi connectivity index (χ1v) is 5.90. The number of hydrogen-bond donors (Lipinski definition) is 3. The highest BCUT2D eigenvalue weighted by molar-refractivity contribution is 6.17. The minimum absolute atomic E-state index is 0.0343. The van der Waals surface area contributed by atoms with Gasteiger partial charge in [0.15, 0.2) is 11.5 Å². The molecule has 0 fully saturated rings. The molecule has 0 saturated carbocycles. The summed E-state index contributed by atoms with van der Waals surface area (Å²) in [7, 11) is 1.41. The molecule has 2 amide bonds. The second kappa shape index (κ2) is 5.62. The Morgan fingerprint density at radius 2 is 2.10 bits per heavy atom. The van der Waals surface area contributed by atoms with Crippen LogP contribution in [0.4, 0.5) is 5.69 Å². The van der Waals surface area contributed by atoms with Gasteiger partial charge in [-0.2, -0.15) is 0 Å². The lowest BCUT2D eigenvalue weighted by atomic mass is 10.2. The normalized spacial score (nSPS) is 14.5. The SMILES string of the molecule is COc1cccc(NC2=CC(=O)N(CCO)C2=O)c1O. The third-order valence-electron chi connectivity index (χ3n) is 2.82. The molecule has 0 saturated heterocycles. The number of methoxy groups -OCH3 is 1. The van der Waals surface area contributed by atoms with Crippen LogP contribution >= 0.6 is 0 Å². The number of aliphatic hydroxyl groups is 1. The van der Waals surface area contributed by atoms with Crippen LogP contribution in [-0.4, -0.2) is 47.2 Å². The van der Waals surface area contributed by atoms with Crippen LogP contribution in [0.5, 0.6) is 11.5 Å². The summed E-state index contributed by atoms with van der Waals surface area (Å²) in [5.74, 6) is -0.962. The minimum Gasteiger partial charge on any atom is -0.503 e. The number of para-hydroxylation sites is 1. The van der Waals surface area contributed by atoms with Crippen LogP contribution in [0.2, 0.25) is 0 Å². The van der Waals surface area contributed by atoms with Crippen LogP contribution in [0, 0.1) is 0 Å². The molecule has 0 atom stereocenters. The standard InChI is InChI=1S/C13H14N2O5/c1-20-10-4-2-3-8(12(10)18)14-9-7-11(17)15(5-6-16)13(9)19/h2-4,7,14,16,18H,5-6H2,1H3. The van der Waals surface area contributed by atoms with Gasteiger partial charge in [-0.25, -0.2) is 0 Å². The number of anilines is 1. The Morgan fingerprint density at radius 3 is 2.75 bits per heavy atom. The van der Waals surface area contributed by atoms with E-state index in [-0.39, 0.29) is 36.0 Å². The Morgan fingerprint density at radius 1 is 1.35 bits per heavy atom. The highest BCUT2D eigenvalue weighted by Gasteiger charge is 2.31. The Balaban J connectivity index is 2.21. The number of phenolic OH excluding ortho intramolecular Hbond substituents is 1. The maximum Gasteiger partial charge on any atom is 0.277 e. The molecule has 3 N–H and O–H groups in total. The summed E-state index contributed by atoms with van der Waals surface area (Å²) < 4.78 is 4.95. The summed E-state index contributed by atoms with van der Waals surface area (Å²) in [6.45, 7) is -0.369. The van der Waals surface area contributed by atoms with Crippen molar-refractivity contribution in [2.24, 2.45) is 0 Å². The zero-order valence-corrected chi connectivity index (χ0v) is 10.8. The predicted octanol–water partition coefficient (Wildman–Crippen LogP) is 0.0577. The number of imide groups is 1. The number of nitrogens with zero attached hydrogens (tertiary/aromatic N) is 1. The molecular weight excluding hydrogens is 264 g/mol. The van der Waals surface area contributed by atoms with Crippen LogP contribution < -0.4 is 10.1 Å². The number of carbonyl (C=O) groups is 2. The number of amides is 2. The lowest BCUT2D eigenvalue weighted by Crippen LogP contribution is -2.34. The number of hydrogen-bond acceptors (Lipinski definition) is 6. The molecule has 2 rings (SSSR count). The Hall–Kier alpha value is -2.54. The van der Waals surface area contributed by atoms with Crippen molar-refractivity contribution in [3.8, 4) is 11.5 Å². The summed E-state index contributed by atoms with van der Waals surface area (Å²) >= 11 is 0. The molecule has 1 heterocycles. The number of ether oxygens (including phenoxy) is 1. The molecule has 0 radical (unpaired) electrons. The molecule has 0 spiro atoms. The van der Waals surface area contributed by atoms with E-state index in [4.69, 9.17) is 9.84 Å². The van der Waals surface area contributed by atoms with E-state index in [1.807, 2.05) is 0 Å². The highest BCUT2D eigenvalue weighted by atomic mass is 16.5. The number of carbonyl (C=O) groups excluding carboxylic acids is 2. The molecule has 1 aromatic rings. The van der Waals surface area contributed by atoms with Crippen LogP contribution in [0.25, 0.3) is 0 Å². The average molecular weight is 278 g/mol. The van der Waals surface area contributed by atoms with E-state index in [1.54, 1.807) is 18.2 Å². The summed E-state index contributed by atoms with van der Waals surface area (Å²) in [4.78, 5) is 24.4. The molecule has 106 valence electrons. The minimum atomic E-state index is -0.550. The fourth-order valence-corrected chi connectivity index (χ4v) is 1.84. The van der Waals surface area contributed by atoms with Gasteiger partial charge in [-0.05, 0) is 12.1 Å². The Kier molecular flexibility index (Phi) is 3.90. The molecule has 20 heavy (non-hydrogen) atoms. The van der Waals surface area contributed by atoms with Crippen molar-refractivity contribution in [2.45, 2.75) is 0 Å². The van der Waals surface area contributed by atoms with Crippen LogP contribution in [0.1, 0.15) is 0 Å². The zero-order valence-electron chi connectivity index (χ0n) is 10.8. The number of phenols is 1. The van der Waals surface area contributed by atoms with Gasteiger partial charge >= 0.3 is 0 Å². The van der Waals surface area contributed by atoms with Crippen LogP contribution in [-0.2, 0) is 9.59 Å². The first-order valence-electron chi connectivity index (χ1n) is 5.90. The quantitative estimate of drug-likeness (QED) is 0.520. The fraction of sp³-hybridized carbons (Fsp3) is 0.231. The van der Waals surface area contributed by atoms with E-state index < -0.39 is 11.8 Å². The molecule has 0 unspecified atom stereocenters. The average Bonchev–Trinajstić information content (AvgIpc) is 2.69. The maximum absolute atomic E-state index is 11.9. The number of benzene rings is 1. The lowest BCUT2D eigenvalue weighted by Gasteiger charge is -2.14. The number of aromatic hydroxyl groups is 1. The number of nitrogens with one attached hydrogen (secondary N) is 1. The molecular formula is C13H14N2O5. The van der Waals surface area contributed by atoms with Crippen LogP contribution in [0.3, 0.4) is 0 Å². The summed E-state index contributed by atoms with van der Waals surface area (Å²) in [5.41, 5.74) is 0.287. The lowest BCUT2D eigenvalue weighted by molar-refractivity contribution is -0.137. The van der Waals surface area contributed by atoms with Gasteiger partial charge in [0.05, 0.1) is 25.9 Å². The van der Waals surface area contributed by atoms with E-state index >= 15 is 0 Å². The number of β-amino-alcohol motifs (C(OH)–C–C–N with tert-alkyl or cyclic N) is 1. The fourth-order valence-electron chi connectivity index (χ4n) is 1.84. The number of aliphatic hydroxyl groups excluding tert-OH is 1. The highest BCUT2D eigenvalue weighted by Crippen LogP contribution is 2.34. The Bertz CT molecular complexity index is 582.